The summed E-state index contributed by atoms with van der Waals surface area (Å²) in [5.41, 5.74) is 2.66. The number of esters is 1. The van der Waals surface area contributed by atoms with Crippen LogP contribution in [0, 0.1) is 12.3 Å². The maximum absolute atomic E-state index is 11.7. The van der Waals surface area contributed by atoms with E-state index in [-0.39, 0.29) is 11.2 Å². The summed E-state index contributed by atoms with van der Waals surface area (Å²) < 4.78 is 4.76. The number of nitrogens with zero attached hydrogens (tertiary/aromatic N) is 3. The Morgan fingerprint density at radius 2 is 2.35 bits per heavy atom. The van der Waals surface area contributed by atoms with Crippen LogP contribution in [0.3, 0.4) is 0 Å². The first kappa shape index (κ1) is 16.8. The molecule has 0 saturated carbocycles. The molecule has 0 amide bonds. The summed E-state index contributed by atoms with van der Waals surface area (Å²) in [7, 11) is 1.37. The molecule has 7 nitrogen and oxygen atoms in total. The average molecular weight is 365 g/mol. The molecule has 0 fully saturated rings. The number of nitrogens with two attached hydrogens (primary N) is 1. The Labute approximate surface area is 154 Å². The van der Waals surface area contributed by atoms with Crippen LogP contribution >= 0.6 is 11.8 Å². The molecule has 2 aliphatic rings. The molecule has 0 radical (unpaired) electrons. The van der Waals surface area contributed by atoms with Crippen molar-refractivity contribution < 1.29 is 14.8 Å². The molecule has 2 aromatic heterocycles. The van der Waals surface area contributed by atoms with E-state index in [2.05, 4.69) is 32.2 Å². The molecule has 26 heavy (non-hydrogen) atoms. The van der Waals surface area contributed by atoms with Gasteiger partial charge in [-0.1, -0.05) is 0 Å². The number of quaternary nitrogens is 1. The molecule has 4 rings (SSSR count). The summed E-state index contributed by atoms with van der Waals surface area (Å²) >= 11 is 1.39. The normalized spacial score (nSPS) is 18.2. The van der Waals surface area contributed by atoms with E-state index in [0.717, 1.165) is 17.9 Å². The first-order valence-electron chi connectivity index (χ1n) is 8.02. The molecule has 3 N–H and O–H groups in total. The predicted molar refractivity (Wildman–Crippen MR) is 95.7 cm³/mol. The third-order valence-corrected chi connectivity index (χ3v) is 5.33. The molecule has 1 aliphatic heterocycles. The number of H-pyrrole nitrogens is 1. The van der Waals surface area contributed by atoms with Gasteiger partial charge in [-0.15, -0.1) is 0 Å². The Bertz CT molecular complexity index is 986. The van der Waals surface area contributed by atoms with Gasteiger partial charge in [0.2, 0.25) is 0 Å². The molecule has 0 aromatic carbocycles. The van der Waals surface area contributed by atoms with Crippen LogP contribution in [0.15, 0.2) is 29.3 Å². The third-order valence-electron chi connectivity index (χ3n) is 4.06. The Morgan fingerprint density at radius 1 is 1.50 bits per heavy atom. The number of aromatic nitrogens is 4. The fraction of sp³-hybridized carbons (Fsp3) is 0.222. The van der Waals surface area contributed by atoms with Gasteiger partial charge in [-0.2, -0.15) is 0 Å². The van der Waals surface area contributed by atoms with Gasteiger partial charge < -0.3 is 0 Å². The molecule has 3 heterocycles. The Kier molecular flexibility index (Phi) is 4.46. The van der Waals surface area contributed by atoms with Gasteiger partial charge in [0, 0.05) is 0 Å². The Hall–Kier alpha value is -2.67. The van der Waals surface area contributed by atoms with Crippen LogP contribution in [0.2, 0.25) is 0 Å². The summed E-state index contributed by atoms with van der Waals surface area (Å²) in [5, 5.41) is 9.02. The zero-order chi connectivity index (χ0) is 18.1. The van der Waals surface area contributed by atoms with E-state index >= 15 is 0 Å². The number of hydrogen-bond acceptors (Lipinski definition) is 6. The number of hydrogen-bond donors (Lipinski definition) is 2. The first-order valence-corrected chi connectivity index (χ1v) is 8.90. The van der Waals surface area contributed by atoms with Gasteiger partial charge in [0.1, 0.15) is 0 Å². The molecule has 0 bridgehead atoms. The van der Waals surface area contributed by atoms with E-state index in [1.165, 1.54) is 24.4 Å². The second kappa shape index (κ2) is 6.92. The number of carbonyl (C=O) groups is 1. The summed E-state index contributed by atoms with van der Waals surface area (Å²) in [6.07, 6.45) is 14.6. The van der Waals surface area contributed by atoms with Gasteiger partial charge in [-0.3, -0.25) is 0 Å². The number of ether oxygens (including phenoxy) is 1. The molecule has 128 valence electrons. The molecule has 1 unspecified atom stereocenters. The van der Waals surface area contributed by atoms with E-state index < -0.39 is 0 Å². The van der Waals surface area contributed by atoms with Gasteiger partial charge in [-0.05, 0) is 0 Å². The number of aromatic amines is 1. The second-order valence-electron chi connectivity index (χ2n) is 5.84. The van der Waals surface area contributed by atoms with E-state index in [1.54, 1.807) is 6.20 Å². The van der Waals surface area contributed by atoms with Crippen LogP contribution in [0.4, 0.5) is 11.6 Å². The van der Waals surface area contributed by atoms with E-state index in [4.69, 9.17) is 11.2 Å². The Balaban J connectivity index is 1.55. The van der Waals surface area contributed by atoms with Crippen molar-refractivity contribution in [2.24, 2.45) is 0 Å². The molecule has 2 aromatic rings. The fourth-order valence-corrected chi connectivity index (χ4v) is 3.70. The van der Waals surface area contributed by atoms with Crippen molar-refractivity contribution in [3.8, 4) is 5.92 Å². The summed E-state index contributed by atoms with van der Waals surface area (Å²) in [6.45, 7) is 0. The standard InChI is InChI=1S/C18H14N5O2S/c1-3-10-9-19-17(13-6-7-14(26-13)18(24)25-2)21-16(10)20-15-8-12(22-23-15)11-4-5-11/h4,7-9,13H,5-6H2,2H3,(H2,19,20,21,22,23)/q+1/p+1. The molecule has 0 spiro atoms. The molecule has 1 atom stereocenters. The molecule has 0 saturated heterocycles. The first-order chi connectivity index (χ1) is 12.7. The van der Waals surface area contributed by atoms with Crippen molar-refractivity contribution in [1.29, 1.82) is 0 Å². The van der Waals surface area contributed by atoms with Gasteiger partial charge >= 0.3 is 154 Å². The SMILES string of the molecule is [C+]#Cc1cnc(C2CC=C(C(=O)OC)S2)nc1[NH2+]c1cc(C2=CC2)n[nH]1. The Morgan fingerprint density at radius 3 is 3.08 bits per heavy atom. The minimum atomic E-state index is -0.340. The number of methoxy groups -OCH3 is 1. The van der Waals surface area contributed by atoms with E-state index in [9.17, 15) is 4.79 Å². The number of nitrogens with one attached hydrogen (secondary N) is 1. The van der Waals surface area contributed by atoms with Crippen LogP contribution in [-0.4, -0.2) is 33.2 Å². The van der Waals surface area contributed by atoms with Gasteiger partial charge in [0.15, 0.2) is 0 Å². The molecular formula is C18H15N5O2S+2. The number of rotatable bonds is 5. The number of thioether (sulfide) groups is 1. The minimum absolute atomic E-state index is 0.0509. The average Bonchev–Trinajstić information content (AvgIpc) is 3.21. The zero-order valence-corrected chi connectivity index (χ0v) is 14.8. The number of allylic oxidation sites excluding steroid dienone is 3. The van der Waals surface area contributed by atoms with Crippen LogP contribution in [0.25, 0.3) is 5.57 Å². The third kappa shape index (κ3) is 3.35. The predicted octanol–water partition coefficient (Wildman–Crippen LogP) is 1.69. The zero-order valence-electron chi connectivity index (χ0n) is 13.9. The van der Waals surface area contributed by atoms with Gasteiger partial charge in [0.05, 0.1) is 0 Å². The summed E-state index contributed by atoms with van der Waals surface area (Å²) in [4.78, 5) is 21.2. The van der Waals surface area contributed by atoms with Crippen LogP contribution < -0.4 is 5.32 Å². The van der Waals surface area contributed by atoms with Crippen molar-refractivity contribution in [2.45, 2.75) is 18.1 Å². The van der Waals surface area contributed by atoms with Gasteiger partial charge in [-0.25, -0.2) is 0 Å². The van der Waals surface area contributed by atoms with Crippen molar-refractivity contribution in [2.75, 3.05) is 7.11 Å². The van der Waals surface area contributed by atoms with Crippen LogP contribution in [0.1, 0.15) is 35.2 Å². The fourth-order valence-electron chi connectivity index (χ4n) is 2.61. The van der Waals surface area contributed by atoms with Crippen molar-refractivity contribution in [1.82, 2.24) is 20.2 Å². The quantitative estimate of drug-likeness (QED) is 0.475. The monoisotopic (exact) mass is 365 g/mol. The van der Waals surface area contributed by atoms with E-state index in [1.807, 2.05) is 17.5 Å². The van der Waals surface area contributed by atoms with Crippen LogP contribution in [-0.2, 0) is 9.53 Å². The van der Waals surface area contributed by atoms with Crippen LogP contribution in [0.5, 0.6) is 0 Å². The molecular weight excluding hydrogens is 350 g/mol. The maximum atomic E-state index is 11.7. The molecule has 8 heteroatoms. The van der Waals surface area contributed by atoms with Crippen molar-refractivity contribution in [3.05, 3.63) is 52.8 Å². The molecule has 1 aliphatic carbocycles. The topological polar surface area (TPSA) is 97.4 Å². The van der Waals surface area contributed by atoms with Gasteiger partial charge in [0.25, 0.3) is 0 Å². The van der Waals surface area contributed by atoms with Crippen molar-refractivity contribution in [3.63, 3.8) is 0 Å². The second-order valence-corrected chi connectivity index (χ2v) is 7.09. The number of carbonyl (C=O) groups excluding carboxylic acids is 1. The van der Waals surface area contributed by atoms with E-state index in [0.29, 0.717) is 28.5 Å². The summed E-state index contributed by atoms with van der Waals surface area (Å²) in [5.74, 6) is 4.04. The summed E-state index contributed by atoms with van der Waals surface area (Å²) in [6, 6.07) is 1.95. The van der Waals surface area contributed by atoms with Crippen molar-refractivity contribution >= 4 is 34.9 Å².